The number of para-hydroxylation sites is 1. The second-order valence-corrected chi connectivity index (χ2v) is 7.58. The van der Waals surface area contributed by atoms with Crippen LogP contribution in [-0.4, -0.2) is 33.6 Å². The fourth-order valence-electron chi connectivity index (χ4n) is 2.54. The van der Waals surface area contributed by atoms with Gasteiger partial charge in [-0.25, -0.2) is 4.68 Å². The Bertz CT molecular complexity index is 1110. The molecule has 1 heterocycles. The quantitative estimate of drug-likeness (QED) is 0.366. The van der Waals surface area contributed by atoms with Crippen LogP contribution in [0.3, 0.4) is 0 Å². The van der Waals surface area contributed by atoms with Crippen molar-refractivity contribution in [3.8, 4) is 11.5 Å². The number of nitrogens with one attached hydrogen (secondary N) is 1. The van der Waals surface area contributed by atoms with E-state index < -0.39 is 23.3 Å². The van der Waals surface area contributed by atoms with Crippen LogP contribution >= 0.6 is 23.4 Å². The Balaban J connectivity index is 1.60. The average molecular weight is 488 g/mol. The normalized spacial score (nSPS) is 11.3. The number of aromatic nitrogens is 3. The highest BCUT2D eigenvalue weighted by molar-refractivity contribution is 7.99. The highest BCUT2D eigenvalue weighted by Crippen LogP contribution is 2.38. The summed E-state index contributed by atoms with van der Waals surface area (Å²) >= 11 is 6.73. The third-order valence-corrected chi connectivity index (χ3v) is 5.32. The molecule has 0 aliphatic rings. The van der Waals surface area contributed by atoms with Gasteiger partial charge in [0, 0.05) is 6.07 Å². The molecule has 0 aliphatic carbocycles. The zero-order chi connectivity index (χ0) is 23.3. The molecule has 0 saturated heterocycles. The van der Waals surface area contributed by atoms with Gasteiger partial charge in [-0.05, 0) is 24.3 Å². The summed E-state index contributed by atoms with van der Waals surface area (Å²) in [7, 11) is 1.53. The summed E-state index contributed by atoms with van der Waals surface area (Å²) in [6.45, 7) is -0.00199. The van der Waals surface area contributed by atoms with Crippen LogP contribution in [0, 0.1) is 0 Å². The van der Waals surface area contributed by atoms with Gasteiger partial charge in [-0.2, -0.15) is 13.2 Å². The molecule has 3 N–H and O–H groups in total. The number of benzene rings is 2. The van der Waals surface area contributed by atoms with Crippen molar-refractivity contribution in [1.82, 2.24) is 14.9 Å². The second-order valence-electron chi connectivity index (χ2n) is 6.23. The number of nitrogen functional groups attached to an aromatic ring is 1. The molecule has 13 heteroatoms. The summed E-state index contributed by atoms with van der Waals surface area (Å²) in [5.74, 6) is 6.37. The van der Waals surface area contributed by atoms with Crippen LogP contribution in [0.4, 0.5) is 18.9 Å². The maximum Gasteiger partial charge on any atom is 0.418 e. The molecule has 8 nitrogen and oxygen atoms in total. The van der Waals surface area contributed by atoms with Crippen LogP contribution in [-0.2, 0) is 17.6 Å². The van der Waals surface area contributed by atoms with Gasteiger partial charge in [-0.3, -0.25) is 4.79 Å². The zero-order valence-electron chi connectivity index (χ0n) is 16.5. The topological polar surface area (TPSA) is 104 Å². The van der Waals surface area contributed by atoms with Gasteiger partial charge in [-0.15, -0.1) is 10.2 Å². The highest BCUT2D eigenvalue weighted by Gasteiger charge is 2.34. The summed E-state index contributed by atoms with van der Waals surface area (Å²) in [5.41, 5.74) is -1.55. The smallest absolute Gasteiger partial charge is 0.418 e. The minimum absolute atomic E-state index is 0.00199. The second kappa shape index (κ2) is 10.0. The summed E-state index contributed by atoms with van der Waals surface area (Å²) < 4.78 is 51.3. The molecule has 2 aromatic carbocycles. The summed E-state index contributed by atoms with van der Waals surface area (Å²) in [6, 6.07) is 10.2. The Morgan fingerprint density at radius 2 is 1.94 bits per heavy atom. The van der Waals surface area contributed by atoms with E-state index in [0.717, 1.165) is 28.6 Å². The molecule has 0 radical (unpaired) electrons. The number of carbonyl (C=O) groups is 1. The van der Waals surface area contributed by atoms with Crippen LogP contribution in [0.5, 0.6) is 11.5 Å². The molecule has 0 unspecified atom stereocenters. The van der Waals surface area contributed by atoms with Gasteiger partial charge in [0.25, 0.3) is 0 Å². The average Bonchev–Trinajstić information content (AvgIpc) is 3.11. The summed E-state index contributed by atoms with van der Waals surface area (Å²) in [5, 5.41) is 9.93. The number of ether oxygens (including phenoxy) is 2. The van der Waals surface area contributed by atoms with Crippen molar-refractivity contribution in [2.24, 2.45) is 0 Å². The van der Waals surface area contributed by atoms with E-state index in [4.69, 9.17) is 26.9 Å². The largest absolute Gasteiger partial charge is 0.497 e. The molecule has 3 aromatic rings. The van der Waals surface area contributed by atoms with Gasteiger partial charge in [0.05, 0.1) is 29.1 Å². The first-order valence-electron chi connectivity index (χ1n) is 8.93. The van der Waals surface area contributed by atoms with Crippen molar-refractivity contribution in [3.05, 3.63) is 58.9 Å². The number of nitrogens with two attached hydrogens (primary N) is 1. The molecule has 3 rings (SSSR count). The first-order valence-corrected chi connectivity index (χ1v) is 10.3. The monoisotopic (exact) mass is 487 g/mol. The van der Waals surface area contributed by atoms with E-state index in [1.807, 2.05) is 0 Å². The van der Waals surface area contributed by atoms with Crippen molar-refractivity contribution in [2.75, 3.05) is 24.0 Å². The first kappa shape index (κ1) is 23.5. The van der Waals surface area contributed by atoms with Crippen LogP contribution < -0.4 is 20.6 Å². The lowest BCUT2D eigenvalue weighted by Gasteiger charge is -2.15. The summed E-state index contributed by atoms with van der Waals surface area (Å²) in [4.78, 5) is 12.2. The van der Waals surface area contributed by atoms with Crippen LogP contribution in [0.15, 0.2) is 47.6 Å². The number of hydrogen-bond donors (Lipinski definition) is 2. The van der Waals surface area contributed by atoms with E-state index in [0.29, 0.717) is 11.5 Å². The number of amides is 1. The lowest BCUT2D eigenvalue weighted by molar-refractivity contribution is -0.137. The first-order chi connectivity index (χ1) is 15.2. The van der Waals surface area contributed by atoms with E-state index in [1.165, 1.54) is 13.2 Å². The maximum absolute atomic E-state index is 13.2. The van der Waals surface area contributed by atoms with Gasteiger partial charge in [-0.1, -0.05) is 35.5 Å². The molecule has 32 heavy (non-hydrogen) atoms. The Kier molecular flexibility index (Phi) is 7.36. The third kappa shape index (κ3) is 5.77. The molecule has 0 aliphatic heterocycles. The molecule has 0 spiro atoms. The number of hydrogen-bond acceptors (Lipinski definition) is 7. The van der Waals surface area contributed by atoms with Crippen LogP contribution in [0.2, 0.25) is 5.02 Å². The number of nitrogens with zero attached hydrogens (tertiary/aromatic N) is 3. The lowest BCUT2D eigenvalue weighted by atomic mass is 10.1. The van der Waals surface area contributed by atoms with Crippen LogP contribution in [0.25, 0.3) is 0 Å². The fourth-order valence-corrected chi connectivity index (χ4v) is 3.43. The number of alkyl halides is 3. The molecule has 1 aromatic heterocycles. The SMILES string of the molecule is COc1cccc(OCc2nnc(SCC(=O)Nc3c(Cl)cccc3C(F)(F)F)n2N)c1. The molecule has 0 saturated carbocycles. The van der Waals surface area contributed by atoms with Crippen LogP contribution in [0.1, 0.15) is 11.4 Å². The zero-order valence-corrected chi connectivity index (χ0v) is 18.1. The van der Waals surface area contributed by atoms with Crippen molar-refractivity contribution in [2.45, 2.75) is 17.9 Å². The van der Waals surface area contributed by atoms with E-state index in [2.05, 4.69) is 15.5 Å². The Morgan fingerprint density at radius 1 is 1.22 bits per heavy atom. The number of rotatable bonds is 8. The summed E-state index contributed by atoms with van der Waals surface area (Å²) in [6.07, 6.45) is -4.67. The maximum atomic E-state index is 13.2. The van der Waals surface area contributed by atoms with Crippen molar-refractivity contribution in [3.63, 3.8) is 0 Å². The number of methoxy groups -OCH3 is 1. The van der Waals surface area contributed by atoms with Crippen molar-refractivity contribution in [1.29, 1.82) is 0 Å². The van der Waals surface area contributed by atoms with E-state index in [1.54, 1.807) is 24.3 Å². The van der Waals surface area contributed by atoms with E-state index >= 15 is 0 Å². The Morgan fingerprint density at radius 3 is 2.66 bits per heavy atom. The molecular formula is C19H17ClF3N5O3S. The van der Waals surface area contributed by atoms with E-state index in [9.17, 15) is 18.0 Å². The lowest BCUT2D eigenvalue weighted by Crippen LogP contribution is -2.20. The molecule has 1 amide bonds. The molecule has 0 atom stereocenters. The standard InChI is InChI=1S/C19H17ClF3N5O3S/c1-30-11-4-2-5-12(8-11)31-9-15-26-27-18(28(15)24)32-10-16(29)25-17-13(19(21,22)23)6-3-7-14(17)20/h2-8H,9-10,24H2,1H3,(H,25,29). The fraction of sp³-hybridized carbons (Fsp3) is 0.211. The minimum atomic E-state index is -4.67. The number of anilines is 1. The number of thioether (sulfide) groups is 1. The van der Waals surface area contributed by atoms with Crippen molar-refractivity contribution >= 4 is 35.0 Å². The predicted molar refractivity (Wildman–Crippen MR) is 113 cm³/mol. The van der Waals surface area contributed by atoms with Gasteiger partial charge >= 0.3 is 6.18 Å². The van der Waals surface area contributed by atoms with E-state index in [-0.39, 0.29) is 28.4 Å². The molecule has 0 bridgehead atoms. The van der Waals surface area contributed by atoms with Gasteiger partial charge in [0.15, 0.2) is 5.82 Å². The van der Waals surface area contributed by atoms with Gasteiger partial charge in [0.1, 0.15) is 18.1 Å². The minimum Gasteiger partial charge on any atom is -0.497 e. The third-order valence-electron chi connectivity index (χ3n) is 4.06. The van der Waals surface area contributed by atoms with Gasteiger partial charge in [0.2, 0.25) is 11.1 Å². The Hall–Kier alpha value is -3.12. The number of carbonyl (C=O) groups excluding carboxylic acids is 1. The molecular weight excluding hydrogens is 471 g/mol. The molecule has 0 fully saturated rings. The number of halogens is 4. The van der Waals surface area contributed by atoms with Gasteiger partial charge < -0.3 is 20.6 Å². The Labute approximate surface area is 189 Å². The van der Waals surface area contributed by atoms with Crippen molar-refractivity contribution < 1.29 is 27.4 Å². The molecule has 170 valence electrons. The highest BCUT2D eigenvalue weighted by atomic mass is 35.5. The predicted octanol–water partition coefficient (Wildman–Crippen LogP) is 3.98.